The molecule has 1 aliphatic carbocycles. The summed E-state index contributed by atoms with van der Waals surface area (Å²) in [5.41, 5.74) is 5.62. The quantitative estimate of drug-likeness (QED) is 0.890. The van der Waals surface area contributed by atoms with Crippen LogP contribution in [0.2, 0.25) is 0 Å². The standard InChI is InChI=1S/C10H13BrN2OS/c11-7-3-9(15-5-7)10(14)13-8(4-12)6-1-2-6/h3,5-6,8H,1-2,4,12H2,(H,13,14). The van der Waals surface area contributed by atoms with Gasteiger partial charge in [-0.15, -0.1) is 11.3 Å². The number of rotatable bonds is 4. The Balaban J connectivity index is 1.96. The fraction of sp³-hybridized carbons (Fsp3) is 0.500. The van der Waals surface area contributed by atoms with Crippen molar-refractivity contribution in [3.05, 3.63) is 20.8 Å². The van der Waals surface area contributed by atoms with Crippen LogP contribution in [-0.4, -0.2) is 18.5 Å². The fourth-order valence-corrected chi connectivity index (χ4v) is 2.87. The molecule has 1 aliphatic rings. The van der Waals surface area contributed by atoms with E-state index in [-0.39, 0.29) is 11.9 Å². The summed E-state index contributed by atoms with van der Waals surface area (Å²) in [6.45, 7) is 0.531. The van der Waals surface area contributed by atoms with Crippen molar-refractivity contribution >= 4 is 33.2 Å². The minimum absolute atomic E-state index is 0.00644. The highest BCUT2D eigenvalue weighted by Gasteiger charge is 2.31. The maximum Gasteiger partial charge on any atom is 0.261 e. The summed E-state index contributed by atoms with van der Waals surface area (Å²) in [5, 5.41) is 4.89. The van der Waals surface area contributed by atoms with Crippen LogP contribution in [0.5, 0.6) is 0 Å². The Bertz CT molecular complexity index is 362. The number of hydrogen-bond acceptors (Lipinski definition) is 3. The highest BCUT2D eigenvalue weighted by atomic mass is 79.9. The molecule has 15 heavy (non-hydrogen) atoms. The van der Waals surface area contributed by atoms with Crippen molar-refractivity contribution in [2.45, 2.75) is 18.9 Å². The summed E-state index contributed by atoms with van der Waals surface area (Å²) in [6.07, 6.45) is 2.38. The van der Waals surface area contributed by atoms with Crippen LogP contribution in [0.3, 0.4) is 0 Å². The van der Waals surface area contributed by atoms with Crippen LogP contribution in [0.1, 0.15) is 22.5 Å². The van der Waals surface area contributed by atoms with Crippen molar-refractivity contribution in [2.24, 2.45) is 11.7 Å². The Labute approximate surface area is 101 Å². The average molecular weight is 289 g/mol. The monoisotopic (exact) mass is 288 g/mol. The summed E-state index contributed by atoms with van der Waals surface area (Å²) in [4.78, 5) is 12.5. The molecule has 3 N–H and O–H groups in total. The lowest BCUT2D eigenvalue weighted by Crippen LogP contribution is -2.41. The van der Waals surface area contributed by atoms with E-state index in [1.807, 2.05) is 11.4 Å². The first-order valence-electron chi connectivity index (χ1n) is 4.95. The van der Waals surface area contributed by atoms with Gasteiger partial charge in [0.25, 0.3) is 5.91 Å². The van der Waals surface area contributed by atoms with Crippen molar-refractivity contribution in [1.29, 1.82) is 0 Å². The summed E-state index contributed by atoms with van der Waals surface area (Å²) in [5.74, 6) is 0.593. The first kappa shape index (κ1) is 11.1. The van der Waals surface area contributed by atoms with Gasteiger partial charge in [-0.05, 0) is 40.8 Å². The van der Waals surface area contributed by atoms with Gasteiger partial charge in [0.1, 0.15) is 0 Å². The molecule has 82 valence electrons. The van der Waals surface area contributed by atoms with Crippen molar-refractivity contribution in [1.82, 2.24) is 5.32 Å². The molecule has 0 spiro atoms. The fourth-order valence-electron chi connectivity index (χ4n) is 1.54. The van der Waals surface area contributed by atoms with Crippen LogP contribution in [0, 0.1) is 5.92 Å². The predicted octanol–water partition coefficient (Wildman–Crippen LogP) is 1.98. The minimum atomic E-state index is -0.00644. The topological polar surface area (TPSA) is 55.1 Å². The highest BCUT2D eigenvalue weighted by Crippen LogP contribution is 2.32. The Hall–Kier alpha value is -0.390. The van der Waals surface area contributed by atoms with Gasteiger partial charge < -0.3 is 11.1 Å². The van der Waals surface area contributed by atoms with E-state index in [2.05, 4.69) is 21.2 Å². The molecule has 0 bridgehead atoms. The van der Waals surface area contributed by atoms with E-state index in [1.165, 1.54) is 24.2 Å². The van der Waals surface area contributed by atoms with Crippen LogP contribution < -0.4 is 11.1 Å². The van der Waals surface area contributed by atoms with Crippen LogP contribution in [0.25, 0.3) is 0 Å². The zero-order chi connectivity index (χ0) is 10.8. The molecule has 3 nitrogen and oxygen atoms in total. The van der Waals surface area contributed by atoms with E-state index < -0.39 is 0 Å². The van der Waals surface area contributed by atoms with Gasteiger partial charge in [-0.1, -0.05) is 0 Å². The molecule has 1 atom stereocenters. The maximum absolute atomic E-state index is 11.8. The molecule has 1 saturated carbocycles. The molecular formula is C10H13BrN2OS. The molecule has 1 fully saturated rings. The smallest absolute Gasteiger partial charge is 0.261 e. The Morgan fingerprint density at radius 2 is 2.47 bits per heavy atom. The van der Waals surface area contributed by atoms with E-state index in [0.717, 1.165) is 9.35 Å². The lowest BCUT2D eigenvalue weighted by Gasteiger charge is -2.14. The SMILES string of the molecule is NCC(NC(=O)c1cc(Br)cs1)C1CC1. The second-order valence-corrected chi connectivity index (χ2v) is 5.61. The number of hydrogen-bond donors (Lipinski definition) is 2. The second kappa shape index (κ2) is 4.63. The number of nitrogens with two attached hydrogens (primary N) is 1. The molecule has 0 radical (unpaired) electrons. The average Bonchev–Trinajstić information content (AvgIpc) is 2.97. The number of nitrogens with one attached hydrogen (secondary N) is 1. The van der Waals surface area contributed by atoms with Gasteiger partial charge >= 0.3 is 0 Å². The van der Waals surface area contributed by atoms with Gasteiger partial charge in [-0.2, -0.15) is 0 Å². The van der Waals surface area contributed by atoms with Crippen molar-refractivity contribution < 1.29 is 4.79 Å². The first-order chi connectivity index (χ1) is 7.20. The third-order valence-electron chi connectivity index (χ3n) is 2.55. The Kier molecular flexibility index (Phi) is 3.43. The summed E-state index contributed by atoms with van der Waals surface area (Å²) in [7, 11) is 0. The third-order valence-corrected chi connectivity index (χ3v) is 4.24. The molecule has 1 aromatic heterocycles. The number of amides is 1. The van der Waals surface area contributed by atoms with Gasteiger partial charge in [-0.25, -0.2) is 0 Å². The Morgan fingerprint density at radius 1 is 1.73 bits per heavy atom. The van der Waals surface area contributed by atoms with E-state index in [1.54, 1.807) is 0 Å². The summed E-state index contributed by atoms with van der Waals surface area (Å²) < 4.78 is 0.952. The number of thiophene rings is 1. The highest BCUT2D eigenvalue weighted by molar-refractivity contribution is 9.10. The zero-order valence-corrected chi connectivity index (χ0v) is 10.6. The molecule has 1 unspecified atom stereocenters. The molecule has 5 heteroatoms. The first-order valence-corrected chi connectivity index (χ1v) is 6.63. The van der Waals surface area contributed by atoms with Gasteiger partial charge in [-0.3, -0.25) is 4.79 Å². The second-order valence-electron chi connectivity index (χ2n) is 3.78. The van der Waals surface area contributed by atoms with E-state index >= 15 is 0 Å². The van der Waals surface area contributed by atoms with E-state index in [9.17, 15) is 4.79 Å². The number of carbonyl (C=O) groups is 1. The predicted molar refractivity (Wildman–Crippen MR) is 65.1 cm³/mol. The largest absolute Gasteiger partial charge is 0.347 e. The van der Waals surface area contributed by atoms with Crippen molar-refractivity contribution in [3.63, 3.8) is 0 Å². The lowest BCUT2D eigenvalue weighted by atomic mass is 10.2. The van der Waals surface area contributed by atoms with Crippen LogP contribution in [0.15, 0.2) is 15.9 Å². The van der Waals surface area contributed by atoms with Crippen LogP contribution >= 0.6 is 27.3 Å². The van der Waals surface area contributed by atoms with E-state index in [0.29, 0.717) is 12.5 Å². The summed E-state index contributed by atoms with van der Waals surface area (Å²) in [6, 6.07) is 1.99. The number of halogens is 1. The lowest BCUT2D eigenvalue weighted by molar-refractivity contribution is 0.0937. The van der Waals surface area contributed by atoms with Gasteiger partial charge in [0.05, 0.1) is 4.88 Å². The van der Waals surface area contributed by atoms with Gasteiger partial charge in [0, 0.05) is 22.4 Å². The van der Waals surface area contributed by atoms with Crippen LogP contribution in [-0.2, 0) is 0 Å². The number of carbonyl (C=O) groups excluding carboxylic acids is 1. The molecule has 1 heterocycles. The summed E-state index contributed by atoms with van der Waals surface area (Å²) >= 11 is 4.77. The maximum atomic E-state index is 11.8. The van der Waals surface area contributed by atoms with Gasteiger partial charge in [0.15, 0.2) is 0 Å². The molecular weight excluding hydrogens is 276 g/mol. The molecule has 2 rings (SSSR count). The van der Waals surface area contributed by atoms with Gasteiger partial charge in [0.2, 0.25) is 0 Å². The minimum Gasteiger partial charge on any atom is -0.347 e. The van der Waals surface area contributed by atoms with E-state index in [4.69, 9.17) is 5.73 Å². The third kappa shape index (κ3) is 2.80. The zero-order valence-electron chi connectivity index (χ0n) is 8.20. The van der Waals surface area contributed by atoms with Crippen LogP contribution in [0.4, 0.5) is 0 Å². The molecule has 0 saturated heterocycles. The molecule has 1 amide bonds. The van der Waals surface area contributed by atoms with Crippen molar-refractivity contribution in [3.8, 4) is 0 Å². The molecule has 1 aromatic rings. The van der Waals surface area contributed by atoms with Crippen molar-refractivity contribution in [2.75, 3.05) is 6.54 Å². The normalized spacial score (nSPS) is 17.5. The Morgan fingerprint density at radius 3 is 2.93 bits per heavy atom. The molecule has 0 aromatic carbocycles. The molecule has 0 aliphatic heterocycles.